The number of para-hydroxylation sites is 1. The number of hydrogen-bond acceptors (Lipinski definition) is 4. The first kappa shape index (κ1) is 25.3. The average Bonchev–Trinajstić information content (AvgIpc) is 3.14. The molecule has 0 radical (unpaired) electrons. The van der Waals surface area contributed by atoms with Crippen molar-refractivity contribution in [1.29, 1.82) is 0 Å². The van der Waals surface area contributed by atoms with Crippen molar-refractivity contribution in [2.24, 2.45) is 4.99 Å². The summed E-state index contributed by atoms with van der Waals surface area (Å²) in [5.74, 6) is 1.99. The lowest BCUT2D eigenvalue weighted by Crippen LogP contribution is -2.48. The molecule has 7 nitrogen and oxygen atoms in total. The highest BCUT2D eigenvalue weighted by molar-refractivity contribution is 14.0. The number of amides is 1. The smallest absolute Gasteiger partial charge is 0.239 e. The number of ether oxygens (including phenoxy) is 2. The van der Waals surface area contributed by atoms with E-state index >= 15 is 0 Å². The molecule has 1 aliphatic rings. The number of guanidine groups is 1. The molecule has 0 saturated heterocycles. The maximum atomic E-state index is 12.0. The van der Waals surface area contributed by atoms with E-state index in [9.17, 15) is 4.79 Å². The molecule has 0 atom stereocenters. The molecule has 1 aliphatic carbocycles. The van der Waals surface area contributed by atoms with Gasteiger partial charge in [0, 0.05) is 24.7 Å². The number of nitrogens with zero attached hydrogens (tertiary/aromatic N) is 1. The van der Waals surface area contributed by atoms with Gasteiger partial charge in [-0.3, -0.25) is 9.79 Å². The molecule has 3 N–H and O–H groups in total. The van der Waals surface area contributed by atoms with E-state index in [2.05, 4.69) is 20.9 Å². The highest BCUT2D eigenvalue weighted by Crippen LogP contribution is 2.34. The number of aliphatic imine (C=N–C) groups is 1. The lowest BCUT2D eigenvalue weighted by molar-refractivity contribution is -0.121. The van der Waals surface area contributed by atoms with E-state index in [0.717, 1.165) is 29.9 Å². The van der Waals surface area contributed by atoms with Crippen LogP contribution in [-0.2, 0) is 11.3 Å². The fourth-order valence-corrected chi connectivity index (χ4v) is 3.19. The van der Waals surface area contributed by atoms with Crippen LogP contribution in [0.4, 0.5) is 0 Å². The normalized spacial score (nSPS) is 14.7. The summed E-state index contributed by atoms with van der Waals surface area (Å²) in [5, 5.41) is 9.20. The number of halogens is 1. The standard InChI is InChI=1S/C21H34N4O3.HI/c1-21(2,3)25-18(26)14-24-20(22-4)23-13-15-9-8-12-17(27-5)19(15)28-16-10-6-7-11-16;/h8-9,12,16H,6-7,10-11,13-14H2,1-5H3,(H,25,26)(H2,22,23,24);1H. The van der Waals surface area contributed by atoms with Gasteiger partial charge in [0.25, 0.3) is 0 Å². The maximum absolute atomic E-state index is 12.0. The van der Waals surface area contributed by atoms with Gasteiger partial charge in [-0.15, -0.1) is 24.0 Å². The third-order valence-electron chi connectivity index (χ3n) is 4.47. The molecule has 0 aromatic heterocycles. The van der Waals surface area contributed by atoms with Gasteiger partial charge in [0.2, 0.25) is 5.91 Å². The van der Waals surface area contributed by atoms with Gasteiger partial charge in [-0.1, -0.05) is 12.1 Å². The molecule has 1 fully saturated rings. The van der Waals surface area contributed by atoms with Gasteiger partial charge in [0.05, 0.1) is 19.8 Å². The van der Waals surface area contributed by atoms with Crippen molar-refractivity contribution >= 4 is 35.8 Å². The van der Waals surface area contributed by atoms with Crippen molar-refractivity contribution in [2.45, 2.75) is 64.6 Å². The molecule has 2 rings (SSSR count). The van der Waals surface area contributed by atoms with Crippen LogP contribution in [0.3, 0.4) is 0 Å². The van der Waals surface area contributed by atoms with E-state index in [0.29, 0.717) is 12.5 Å². The Morgan fingerprint density at radius 1 is 1.21 bits per heavy atom. The average molecular weight is 518 g/mol. The van der Waals surface area contributed by atoms with Crippen molar-refractivity contribution in [3.63, 3.8) is 0 Å². The number of methoxy groups -OCH3 is 1. The Kier molecular flexibility index (Phi) is 10.6. The van der Waals surface area contributed by atoms with Crippen LogP contribution in [-0.4, -0.2) is 44.2 Å². The maximum Gasteiger partial charge on any atom is 0.239 e. The first-order chi connectivity index (χ1) is 13.3. The Bertz CT molecular complexity index is 683. The van der Waals surface area contributed by atoms with Crippen LogP contribution >= 0.6 is 24.0 Å². The number of rotatable bonds is 7. The largest absolute Gasteiger partial charge is 0.493 e. The summed E-state index contributed by atoms with van der Waals surface area (Å²) in [5.41, 5.74) is 0.733. The van der Waals surface area contributed by atoms with Gasteiger partial charge in [0.1, 0.15) is 0 Å². The van der Waals surface area contributed by atoms with Crippen LogP contribution in [0.15, 0.2) is 23.2 Å². The molecule has 29 heavy (non-hydrogen) atoms. The molecule has 0 heterocycles. The quantitative estimate of drug-likeness (QED) is 0.294. The van der Waals surface area contributed by atoms with Gasteiger partial charge < -0.3 is 25.4 Å². The summed E-state index contributed by atoms with van der Waals surface area (Å²) in [6, 6.07) is 5.88. The van der Waals surface area contributed by atoms with Crippen molar-refractivity contribution in [1.82, 2.24) is 16.0 Å². The van der Waals surface area contributed by atoms with Crippen molar-refractivity contribution < 1.29 is 14.3 Å². The molecule has 1 aromatic rings. The first-order valence-electron chi connectivity index (χ1n) is 9.90. The highest BCUT2D eigenvalue weighted by Gasteiger charge is 2.20. The van der Waals surface area contributed by atoms with E-state index in [1.165, 1.54) is 12.8 Å². The van der Waals surface area contributed by atoms with E-state index in [-0.39, 0.29) is 48.1 Å². The molecule has 8 heteroatoms. The fraction of sp³-hybridized carbons (Fsp3) is 0.619. The molecule has 1 saturated carbocycles. The van der Waals surface area contributed by atoms with Crippen molar-refractivity contribution in [2.75, 3.05) is 20.7 Å². The summed E-state index contributed by atoms with van der Waals surface area (Å²) in [6.45, 7) is 6.52. The zero-order valence-corrected chi connectivity index (χ0v) is 20.5. The van der Waals surface area contributed by atoms with E-state index in [4.69, 9.17) is 9.47 Å². The third kappa shape index (κ3) is 8.67. The molecule has 0 spiro atoms. The number of carbonyl (C=O) groups is 1. The summed E-state index contributed by atoms with van der Waals surface area (Å²) in [4.78, 5) is 16.2. The predicted octanol–water partition coefficient (Wildman–Crippen LogP) is 3.21. The Morgan fingerprint density at radius 2 is 1.90 bits per heavy atom. The summed E-state index contributed by atoms with van der Waals surface area (Å²) < 4.78 is 11.8. The number of benzene rings is 1. The van der Waals surface area contributed by atoms with Gasteiger partial charge in [0.15, 0.2) is 17.5 Å². The number of nitrogens with one attached hydrogen (secondary N) is 3. The van der Waals surface area contributed by atoms with Gasteiger partial charge >= 0.3 is 0 Å². The molecule has 0 aliphatic heterocycles. The van der Waals surface area contributed by atoms with Gasteiger partial charge in [-0.05, 0) is 52.5 Å². The van der Waals surface area contributed by atoms with E-state index in [1.807, 2.05) is 39.0 Å². The van der Waals surface area contributed by atoms with Crippen LogP contribution in [0.1, 0.15) is 52.0 Å². The third-order valence-corrected chi connectivity index (χ3v) is 4.47. The van der Waals surface area contributed by atoms with Crippen LogP contribution in [0, 0.1) is 0 Å². The zero-order valence-electron chi connectivity index (χ0n) is 18.1. The monoisotopic (exact) mass is 518 g/mol. The minimum absolute atomic E-state index is 0. The lowest BCUT2D eigenvalue weighted by Gasteiger charge is -2.21. The number of carbonyl (C=O) groups excluding carboxylic acids is 1. The minimum atomic E-state index is -0.261. The van der Waals surface area contributed by atoms with Crippen LogP contribution in [0.25, 0.3) is 0 Å². The lowest BCUT2D eigenvalue weighted by atomic mass is 10.1. The zero-order chi connectivity index (χ0) is 20.6. The molecule has 1 amide bonds. The first-order valence-corrected chi connectivity index (χ1v) is 9.90. The van der Waals surface area contributed by atoms with Crippen LogP contribution in [0.5, 0.6) is 11.5 Å². The second kappa shape index (κ2) is 12.1. The molecule has 0 bridgehead atoms. The molecular formula is C21H35IN4O3. The Morgan fingerprint density at radius 3 is 2.48 bits per heavy atom. The molecule has 1 aromatic carbocycles. The summed E-state index contributed by atoms with van der Waals surface area (Å²) in [7, 11) is 3.33. The van der Waals surface area contributed by atoms with Crippen molar-refractivity contribution in [3.8, 4) is 11.5 Å². The van der Waals surface area contributed by atoms with Crippen LogP contribution < -0.4 is 25.4 Å². The SMILES string of the molecule is CN=C(NCC(=O)NC(C)(C)C)NCc1cccc(OC)c1OC1CCCC1.I. The Labute approximate surface area is 191 Å². The molecule has 164 valence electrons. The topological polar surface area (TPSA) is 84.0 Å². The van der Waals surface area contributed by atoms with Crippen LogP contribution in [0.2, 0.25) is 0 Å². The second-order valence-electron chi connectivity index (χ2n) is 8.05. The highest BCUT2D eigenvalue weighted by atomic mass is 127. The second-order valence-corrected chi connectivity index (χ2v) is 8.05. The van der Waals surface area contributed by atoms with E-state index in [1.54, 1.807) is 14.2 Å². The Hall–Kier alpha value is -1.71. The van der Waals surface area contributed by atoms with Gasteiger partial charge in [-0.2, -0.15) is 0 Å². The minimum Gasteiger partial charge on any atom is -0.493 e. The van der Waals surface area contributed by atoms with Crippen molar-refractivity contribution in [3.05, 3.63) is 23.8 Å². The van der Waals surface area contributed by atoms with E-state index < -0.39 is 0 Å². The fourth-order valence-electron chi connectivity index (χ4n) is 3.19. The molecular weight excluding hydrogens is 483 g/mol. The molecule has 0 unspecified atom stereocenters. The Balaban J connectivity index is 0.00000420. The summed E-state index contributed by atoms with van der Waals surface area (Å²) >= 11 is 0. The summed E-state index contributed by atoms with van der Waals surface area (Å²) in [6.07, 6.45) is 4.82. The predicted molar refractivity (Wildman–Crippen MR) is 127 cm³/mol. The van der Waals surface area contributed by atoms with Gasteiger partial charge in [-0.25, -0.2) is 0 Å². The number of hydrogen-bond donors (Lipinski definition) is 3.